The lowest BCUT2D eigenvalue weighted by Crippen LogP contribution is -2.53. The van der Waals surface area contributed by atoms with Crippen LogP contribution in [0.15, 0.2) is 23.7 Å². The van der Waals surface area contributed by atoms with Gasteiger partial charge in [0.05, 0.1) is 11.2 Å². The number of aliphatic hydroxyl groups is 1. The quantitative estimate of drug-likeness (QED) is 0.788. The largest absolute Gasteiger partial charge is 0.388 e. The predicted molar refractivity (Wildman–Crippen MR) is 78.7 cm³/mol. The number of thiophene rings is 1. The number of rotatable bonds is 4. The number of aromatic nitrogens is 1. The summed E-state index contributed by atoms with van der Waals surface area (Å²) in [6.07, 6.45) is 2.89. The van der Waals surface area contributed by atoms with Crippen molar-refractivity contribution in [2.45, 2.75) is 18.4 Å². The van der Waals surface area contributed by atoms with Crippen molar-refractivity contribution in [2.75, 3.05) is 13.1 Å². The van der Waals surface area contributed by atoms with Crippen LogP contribution in [0.5, 0.6) is 0 Å². The molecule has 0 bridgehead atoms. The Morgan fingerprint density at radius 2 is 2.40 bits per heavy atom. The summed E-state index contributed by atoms with van der Waals surface area (Å²) in [7, 11) is 0. The molecule has 106 valence electrons. The lowest BCUT2D eigenvalue weighted by atomic mass is 9.71. The minimum Gasteiger partial charge on any atom is -0.388 e. The van der Waals surface area contributed by atoms with Crippen LogP contribution in [-0.2, 0) is 0 Å². The topological polar surface area (TPSA) is 88.2 Å². The molecule has 0 unspecified atom stereocenters. The van der Waals surface area contributed by atoms with E-state index < -0.39 is 5.60 Å². The van der Waals surface area contributed by atoms with E-state index in [1.165, 1.54) is 0 Å². The van der Waals surface area contributed by atoms with Gasteiger partial charge in [-0.1, -0.05) is 0 Å². The molecule has 2 heterocycles. The van der Waals surface area contributed by atoms with Crippen LogP contribution >= 0.6 is 11.3 Å². The predicted octanol–water partition coefficient (Wildman–Crippen LogP) is 1.13. The maximum absolute atomic E-state index is 12.1. The zero-order valence-corrected chi connectivity index (χ0v) is 11.8. The van der Waals surface area contributed by atoms with E-state index in [2.05, 4.69) is 10.3 Å². The van der Waals surface area contributed by atoms with Crippen molar-refractivity contribution in [3.05, 3.63) is 29.3 Å². The van der Waals surface area contributed by atoms with E-state index in [4.69, 9.17) is 5.73 Å². The van der Waals surface area contributed by atoms with Gasteiger partial charge in [-0.05, 0) is 42.8 Å². The summed E-state index contributed by atoms with van der Waals surface area (Å²) in [5, 5.41) is 15.9. The van der Waals surface area contributed by atoms with E-state index in [9.17, 15) is 9.90 Å². The standard InChI is InChI=1S/C14H17N3O2S/c15-6-9-4-14(19,5-9)8-17-12(18)11-3-10-1-2-20-13(10)16-7-11/h1-3,7,9,19H,4-6,8,15H2,(H,17,18). The fourth-order valence-corrected chi connectivity index (χ4v) is 3.38. The van der Waals surface area contributed by atoms with E-state index in [0.29, 0.717) is 30.9 Å². The fraction of sp³-hybridized carbons (Fsp3) is 0.429. The first kappa shape index (κ1) is 13.5. The van der Waals surface area contributed by atoms with Crippen molar-refractivity contribution >= 4 is 27.5 Å². The van der Waals surface area contributed by atoms with Crippen LogP contribution in [0.4, 0.5) is 0 Å². The molecule has 1 amide bonds. The van der Waals surface area contributed by atoms with Gasteiger partial charge >= 0.3 is 0 Å². The summed E-state index contributed by atoms with van der Waals surface area (Å²) >= 11 is 1.55. The third-order valence-electron chi connectivity index (χ3n) is 3.82. The molecule has 3 rings (SSSR count). The van der Waals surface area contributed by atoms with Gasteiger partial charge in [-0.15, -0.1) is 11.3 Å². The summed E-state index contributed by atoms with van der Waals surface area (Å²) in [5.74, 6) is 0.177. The SMILES string of the molecule is NCC1CC(O)(CNC(=O)c2cnc3sccc3c2)C1. The first-order valence-corrected chi connectivity index (χ1v) is 7.51. The number of nitrogens with zero attached hydrogens (tertiary/aromatic N) is 1. The smallest absolute Gasteiger partial charge is 0.252 e. The van der Waals surface area contributed by atoms with Gasteiger partial charge in [0.2, 0.25) is 0 Å². The molecule has 6 heteroatoms. The van der Waals surface area contributed by atoms with E-state index in [1.807, 2.05) is 17.5 Å². The monoisotopic (exact) mass is 291 g/mol. The average molecular weight is 291 g/mol. The molecular weight excluding hydrogens is 274 g/mol. The maximum atomic E-state index is 12.1. The van der Waals surface area contributed by atoms with Gasteiger partial charge in [0.25, 0.3) is 5.91 Å². The highest BCUT2D eigenvalue weighted by Gasteiger charge is 2.41. The summed E-state index contributed by atoms with van der Waals surface area (Å²) in [5.41, 5.74) is 5.27. The van der Waals surface area contributed by atoms with Gasteiger partial charge in [0.1, 0.15) is 4.83 Å². The Bertz CT molecular complexity index is 634. The number of amides is 1. The molecule has 0 aromatic carbocycles. The Hall–Kier alpha value is -1.50. The number of carbonyl (C=O) groups excluding carboxylic acids is 1. The van der Waals surface area contributed by atoms with Crippen LogP contribution in [0.2, 0.25) is 0 Å². The Morgan fingerprint density at radius 1 is 1.60 bits per heavy atom. The minimum atomic E-state index is -0.792. The summed E-state index contributed by atoms with van der Waals surface area (Å²) in [6.45, 7) is 0.860. The normalized spacial score (nSPS) is 25.4. The lowest BCUT2D eigenvalue weighted by Gasteiger charge is -2.43. The first-order valence-electron chi connectivity index (χ1n) is 6.63. The van der Waals surface area contributed by atoms with Crippen LogP contribution < -0.4 is 11.1 Å². The molecule has 2 aromatic heterocycles. The van der Waals surface area contributed by atoms with Crippen LogP contribution in [0.1, 0.15) is 23.2 Å². The summed E-state index contributed by atoms with van der Waals surface area (Å²) in [4.78, 5) is 17.2. The summed E-state index contributed by atoms with van der Waals surface area (Å²) in [6, 6.07) is 3.76. The molecule has 0 aliphatic heterocycles. The molecule has 0 saturated heterocycles. The van der Waals surface area contributed by atoms with Gasteiger partial charge in [-0.3, -0.25) is 4.79 Å². The van der Waals surface area contributed by atoms with Gasteiger partial charge in [0.15, 0.2) is 0 Å². The molecule has 1 aliphatic carbocycles. The number of nitrogens with one attached hydrogen (secondary N) is 1. The molecule has 1 saturated carbocycles. The van der Waals surface area contributed by atoms with Crippen LogP contribution in [0.25, 0.3) is 10.2 Å². The molecule has 2 aromatic rings. The van der Waals surface area contributed by atoms with E-state index in [1.54, 1.807) is 17.5 Å². The van der Waals surface area contributed by atoms with E-state index in [-0.39, 0.29) is 12.5 Å². The van der Waals surface area contributed by atoms with Crippen molar-refractivity contribution in [1.29, 1.82) is 0 Å². The Kier molecular flexibility index (Phi) is 3.45. The molecule has 4 N–H and O–H groups in total. The van der Waals surface area contributed by atoms with Gasteiger partial charge in [0, 0.05) is 18.1 Å². The van der Waals surface area contributed by atoms with Crippen LogP contribution in [-0.4, -0.2) is 34.7 Å². The van der Waals surface area contributed by atoms with Crippen molar-refractivity contribution < 1.29 is 9.90 Å². The van der Waals surface area contributed by atoms with Crippen molar-refractivity contribution in [3.63, 3.8) is 0 Å². The number of carbonyl (C=O) groups is 1. The van der Waals surface area contributed by atoms with Crippen molar-refractivity contribution in [2.24, 2.45) is 11.7 Å². The fourth-order valence-electron chi connectivity index (χ4n) is 2.66. The number of hydrogen-bond donors (Lipinski definition) is 3. The average Bonchev–Trinajstić information content (AvgIpc) is 2.88. The van der Waals surface area contributed by atoms with Crippen molar-refractivity contribution in [1.82, 2.24) is 10.3 Å². The highest BCUT2D eigenvalue weighted by Crippen LogP contribution is 2.36. The lowest BCUT2D eigenvalue weighted by molar-refractivity contribution is -0.0665. The number of hydrogen-bond acceptors (Lipinski definition) is 5. The zero-order valence-electron chi connectivity index (χ0n) is 11.0. The Labute approximate surface area is 120 Å². The van der Waals surface area contributed by atoms with Gasteiger partial charge in [-0.25, -0.2) is 4.98 Å². The van der Waals surface area contributed by atoms with E-state index in [0.717, 1.165) is 10.2 Å². The second-order valence-electron chi connectivity index (χ2n) is 5.46. The minimum absolute atomic E-state index is 0.199. The second kappa shape index (κ2) is 5.12. The molecular formula is C14H17N3O2S. The highest BCUT2D eigenvalue weighted by atomic mass is 32.1. The number of nitrogens with two attached hydrogens (primary N) is 1. The maximum Gasteiger partial charge on any atom is 0.252 e. The Morgan fingerprint density at radius 3 is 3.15 bits per heavy atom. The second-order valence-corrected chi connectivity index (χ2v) is 6.35. The Balaban J connectivity index is 1.62. The van der Waals surface area contributed by atoms with Crippen LogP contribution in [0, 0.1) is 5.92 Å². The first-order chi connectivity index (χ1) is 9.59. The molecule has 0 atom stereocenters. The van der Waals surface area contributed by atoms with Gasteiger partial charge < -0.3 is 16.2 Å². The third kappa shape index (κ3) is 2.54. The highest BCUT2D eigenvalue weighted by molar-refractivity contribution is 7.16. The summed E-state index contributed by atoms with van der Waals surface area (Å²) < 4.78 is 0. The number of fused-ring (bicyclic) bond motifs is 1. The molecule has 5 nitrogen and oxygen atoms in total. The third-order valence-corrected chi connectivity index (χ3v) is 4.65. The number of pyridine rings is 1. The van der Waals surface area contributed by atoms with E-state index >= 15 is 0 Å². The van der Waals surface area contributed by atoms with Crippen molar-refractivity contribution in [3.8, 4) is 0 Å². The molecule has 1 fully saturated rings. The molecule has 1 aliphatic rings. The molecule has 0 radical (unpaired) electrons. The van der Waals surface area contributed by atoms with Crippen LogP contribution in [0.3, 0.4) is 0 Å². The van der Waals surface area contributed by atoms with Gasteiger partial charge in [-0.2, -0.15) is 0 Å². The molecule has 0 spiro atoms. The molecule has 20 heavy (non-hydrogen) atoms. The zero-order chi connectivity index (χ0) is 14.2.